The van der Waals surface area contributed by atoms with Gasteiger partial charge in [-0.3, -0.25) is 4.72 Å². The van der Waals surface area contributed by atoms with E-state index in [1.54, 1.807) is 42.5 Å². The smallest absolute Gasteiger partial charge is 0.264 e. The number of hydrogen-bond donors (Lipinski definition) is 2. The number of aromatic nitrogens is 2. The standard InChI is InChI=1S/C22H18ClFN4O4S/c1-31-15-10-14(11-16(12-15)32-2)25-21-22(27-19-6-4-3-5-18(19)26-21)28-33(29,30)20-8-7-13(24)9-17(20)23/h3-12H,1-2H3,(H,25,26)(H,27,28). The van der Waals surface area contributed by atoms with Crippen molar-refractivity contribution >= 4 is 50.0 Å². The van der Waals surface area contributed by atoms with Gasteiger partial charge in [-0.15, -0.1) is 0 Å². The van der Waals surface area contributed by atoms with Crippen molar-refractivity contribution in [1.82, 2.24) is 9.97 Å². The molecule has 0 unspecified atom stereocenters. The van der Waals surface area contributed by atoms with Gasteiger partial charge in [0.1, 0.15) is 22.2 Å². The normalized spacial score (nSPS) is 11.3. The second-order valence-corrected chi connectivity index (χ2v) is 8.87. The predicted octanol–water partition coefficient (Wildman–Crippen LogP) is 4.98. The van der Waals surface area contributed by atoms with E-state index in [-0.39, 0.29) is 21.6 Å². The van der Waals surface area contributed by atoms with Gasteiger partial charge in [0, 0.05) is 23.9 Å². The van der Waals surface area contributed by atoms with Gasteiger partial charge in [-0.25, -0.2) is 22.8 Å². The zero-order chi connectivity index (χ0) is 23.6. The fraction of sp³-hybridized carbons (Fsp3) is 0.0909. The Morgan fingerprint density at radius 2 is 1.48 bits per heavy atom. The third kappa shape index (κ3) is 4.91. The van der Waals surface area contributed by atoms with E-state index in [9.17, 15) is 12.8 Å². The fourth-order valence-electron chi connectivity index (χ4n) is 3.05. The average Bonchev–Trinajstić information content (AvgIpc) is 2.78. The van der Waals surface area contributed by atoms with Gasteiger partial charge in [-0.2, -0.15) is 0 Å². The number of hydrogen-bond acceptors (Lipinski definition) is 7. The minimum atomic E-state index is -4.21. The largest absolute Gasteiger partial charge is 0.497 e. The molecular weight excluding hydrogens is 471 g/mol. The Balaban J connectivity index is 1.80. The van der Waals surface area contributed by atoms with Crippen molar-refractivity contribution in [2.45, 2.75) is 4.90 Å². The summed E-state index contributed by atoms with van der Waals surface area (Å²) in [5.41, 5.74) is 1.53. The van der Waals surface area contributed by atoms with Crippen LogP contribution in [0.25, 0.3) is 11.0 Å². The second kappa shape index (κ2) is 9.08. The molecule has 0 radical (unpaired) electrons. The molecule has 0 bridgehead atoms. The van der Waals surface area contributed by atoms with Crippen molar-refractivity contribution in [3.05, 3.63) is 71.5 Å². The van der Waals surface area contributed by atoms with E-state index < -0.39 is 15.8 Å². The van der Waals surface area contributed by atoms with Gasteiger partial charge in [0.15, 0.2) is 11.6 Å². The summed E-state index contributed by atoms with van der Waals surface area (Å²) in [4.78, 5) is 8.64. The molecule has 0 saturated heterocycles. The summed E-state index contributed by atoms with van der Waals surface area (Å²) < 4.78 is 52.4. The fourth-order valence-corrected chi connectivity index (χ4v) is 4.59. The molecule has 0 aliphatic heterocycles. The van der Waals surface area contributed by atoms with E-state index >= 15 is 0 Å². The lowest BCUT2D eigenvalue weighted by atomic mass is 10.2. The SMILES string of the molecule is COc1cc(Nc2nc3ccccc3nc2NS(=O)(=O)c2ccc(F)cc2Cl)cc(OC)c1. The highest BCUT2D eigenvalue weighted by Crippen LogP contribution is 2.32. The van der Waals surface area contributed by atoms with Crippen molar-refractivity contribution in [2.75, 3.05) is 24.3 Å². The highest BCUT2D eigenvalue weighted by molar-refractivity contribution is 7.92. The first-order chi connectivity index (χ1) is 15.8. The van der Waals surface area contributed by atoms with Crippen LogP contribution in [0.15, 0.2) is 65.6 Å². The van der Waals surface area contributed by atoms with Crippen molar-refractivity contribution < 1.29 is 22.3 Å². The number of anilines is 3. The number of halogens is 2. The van der Waals surface area contributed by atoms with Crippen molar-refractivity contribution in [3.8, 4) is 11.5 Å². The lowest BCUT2D eigenvalue weighted by Crippen LogP contribution is -2.16. The molecular formula is C22H18ClFN4O4S. The molecule has 4 aromatic rings. The Morgan fingerprint density at radius 3 is 2.06 bits per heavy atom. The first-order valence-corrected chi connectivity index (χ1v) is 11.4. The molecule has 0 spiro atoms. The molecule has 0 fully saturated rings. The highest BCUT2D eigenvalue weighted by Gasteiger charge is 2.22. The Kier molecular flexibility index (Phi) is 6.21. The summed E-state index contributed by atoms with van der Waals surface area (Å²) >= 11 is 5.97. The Morgan fingerprint density at radius 1 is 0.879 bits per heavy atom. The molecule has 0 aliphatic carbocycles. The predicted molar refractivity (Wildman–Crippen MR) is 125 cm³/mol. The molecule has 1 heterocycles. The minimum absolute atomic E-state index is 0.0733. The van der Waals surface area contributed by atoms with Gasteiger partial charge in [0.2, 0.25) is 0 Å². The lowest BCUT2D eigenvalue weighted by Gasteiger charge is -2.15. The van der Waals surface area contributed by atoms with Gasteiger partial charge >= 0.3 is 0 Å². The van der Waals surface area contributed by atoms with E-state index in [1.165, 1.54) is 14.2 Å². The molecule has 33 heavy (non-hydrogen) atoms. The van der Waals surface area contributed by atoms with Crippen molar-refractivity contribution in [3.63, 3.8) is 0 Å². The third-order valence-electron chi connectivity index (χ3n) is 4.60. The number of nitrogens with zero attached hydrogens (tertiary/aromatic N) is 2. The van der Waals surface area contributed by atoms with Crippen LogP contribution in [0, 0.1) is 5.82 Å². The van der Waals surface area contributed by atoms with Gasteiger partial charge in [0.05, 0.1) is 30.3 Å². The number of ether oxygens (including phenoxy) is 2. The maximum atomic E-state index is 13.4. The molecule has 170 valence electrons. The van der Waals surface area contributed by atoms with Crippen LogP contribution in [0.4, 0.5) is 21.7 Å². The van der Waals surface area contributed by atoms with Crippen LogP contribution in [0.5, 0.6) is 11.5 Å². The van der Waals surface area contributed by atoms with Crippen molar-refractivity contribution in [1.29, 1.82) is 0 Å². The summed E-state index contributed by atoms with van der Waals surface area (Å²) in [6.07, 6.45) is 0. The zero-order valence-electron chi connectivity index (χ0n) is 17.5. The maximum Gasteiger partial charge on any atom is 0.264 e. The third-order valence-corrected chi connectivity index (χ3v) is 6.42. The number of nitrogens with one attached hydrogen (secondary N) is 2. The summed E-state index contributed by atoms with van der Waals surface area (Å²) in [5, 5.41) is 2.80. The van der Waals surface area contributed by atoms with Crippen LogP contribution in [0.1, 0.15) is 0 Å². The summed E-state index contributed by atoms with van der Waals surface area (Å²) in [6, 6.07) is 15.1. The Labute approximate surface area is 194 Å². The quantitative estimate of drug-likeness (QED) is 0.378. The van der Waals surface area contributed by atoms with E-state index in [0.29, 0.717) is 28.2 Å². The molecule has 0 saturated carbocycles. The van der Waals surface area contributed by atoms with E-state index in [1.807, 2.05) is 0 Å². The van der Waals surface area contributed by atoms with Gasteiger partial charge in [-0.1, -0.05) is 23.7 Å². The van der Waals surface area contributed by atoms with E-state index in [2.05, 4.69) is 20.0 Å². The number of para-hydroxylation sites is 2. The highest BCUT2D eigenvalue weighted by atomic mass is 35.5. The van der Waals surface area contributed by atoms with E-state index in [0.717, 1.165) is 18.2 Å². The number of sulfonamides is 1. The number of methoxy groups -OCH3 is 2. The summed E-state index contributed by atoms with van der Waals surface area (Å²) in [6.45, 7) is 0. The average molecular weight is 489 g/mol. The van der Waals surface area contributed by atoms with Crippen LogP contribution in [0.3, 0.4) is 0 Å². The van der Waals surface area contributed by atoms with Gasteiger partial charge in [-0.05, 0) is 30.3 Å². The second-order valence-electron chi connectivity index (χ2n) is 6.82. The van der Waals surface area contributed by atoms with Gasteiger partial charge in [0.25, 0.3) is 10.0 Å². The maximum absolute atomic E-state index is 13.4. The first-order valence-electron chi connectivity index (χ1n) is 9.54. The van der Waals surface area contributed by atoms with Gasteiger partial charge < -0.3 is 14.8 Å². The monoisotopic (exact) mass is 488 g/mol. The Hall–Kier alpha value is -3.63. The Bertz CT molecular complexity index is 1430. The van der Waals surface area contributed by atoms with Crippen LogP contribution >= 0.6 is 11.6 Å². The van der Waals surface area contributed by atoms with Crippen molar-refractivity contribution in [2.24, 2.45) is 0 Å². The molecule has 8 nitrogen and oxygen atoms in total. The molecule has 1 aromatic heterocycles. The lowest BCUT2D eigenvalue weighted by molar-refractivity contribution is 0.395. The minimum Gasteiger partial charge on any atom is -0.497 e. The molecule has 11 heteroatoms. The molecule has 2 N–H and O–H groups in total. The number of fused-ring (bicyclic) bond motifs is 1. The van der Waals surface area contributed by atoms with Crippen LogP contribution in [-0.4, -0.2) is 32.6 Å². The first kappa shape index (κ1) is 22.6. The molecule has 3 aromatic carbocycles. The number of benzene rings is 3. The van der Waals surface area contributed by atoms with Crippen LogP contribution in [0.2, 0.25) is 5.02 Å². The molecule has 0 amide bonds. The van der Waals surface area contributed by atoms with E-state index in [4.69, 9.17) is 21.1 Å². The van der Waals surface area contributed by atoms with Crippen LogP contribution < -0.4 is 19.5 Å². The molecule has 4 rings (SSSR count). The van der Waals surface area contributed by atoms with Crippen LogP contribution in [-0.2, 0) is 10.0 Å². The zero-order valence-corrected chi connectivity index (χ0v) is 19.0. The summed E-state index contributed by atoms with van der Waals surface area (Å²) in [5.74, 6) is 0.442. The molecule has 0 aliphatic rings. The number of rotatable bonds is 7. The topological polar surface area (TPSA) is 102 Å². The molecule has 0 atom stereocenters. The summed E-state index contributed by atoms with van der Waals surface area (Å²) in [7, 11) is -1.18.